The zero-order valence-corrected chi connectivity index (χ0v) is 11.8. The maximum atomic E-state index is 12.3. The minimum absolute atomic E-state index is 0.0813. The van der Waals surface area contributed by atoms with Gasteiger partial charge in [-0.2, -0.15) is 0 Å². The zero-order chi connectivity index (χ0) is 14.5. The van der Waals surface area contributed by atoms with E-state index in [4.69, 9.17) is 0 Å². The van der Waals surface area contributed by atoms with Crippen LogP contribution >= 0.6 is 0 Å². The standard InChI is InChI=1S/C15H22N2O3/c1-2-16-10-11-5-7-17(8-6-11)15(20)12-3-4-13(18)14(19)9-12/h3-4,9,11,16,18-19H,2,5-8,10H2,1H3. The van der Waals surface area contributed by atoms with E-state index in [9.17, 15) is 15.0 Å². The highest BCUT2D eigenvalue weighted by Crippen LogP contribution is 2.26. The van der Waals surface area contributed by atoms with Crippen LogP contribution in [0.15, 0.2) is 18.2 Å². The molecule has 0 unspecified atom stereocenters. The van der Waals surface area contributed by atoms with Crippen LogP contribution in [0.5, 0.6) is 11.5 Å². The van der Waals surface area contributed by atoms with E-state index >= 15 is 0 Å². The number of rotatable bonds is 4. The molecule has 5 heteroatoms. The number of aromatic hydroxyl groups is 2. The highest BCUT2D eigenvalue weighted by molar-refractivity contribution is 5.94. The van der Waals surface area contributed by atoms with E-state index in [1.54, 1.807) is 6.07 Å². The van der Waals surface area contributed by atoms with Gasteiger partial charge in [0.25, 0.3) is 5.91 Å². The van der Waals surface area contributed by atoms with Crippen LogP contribution < -0.4 is 5.32 Å². The number of nitrogens with zero attached hydrogens (tertiary/aromatic N) is 1. The Bertz CT molecular complexity index is 468. The molecule has 0 spiro atoms. The van der Waals surface area contributed by atoms with E-state index in [1.165, 1.54) is 12.1 Å². The lowest BCUT2D eigenvalue weighted by atomic mass is 9.96. The van der Waals surface area contributed by atoms with E-state index in [0.29, 0.717) is 11.5 Å². The van der Waals surface area contributed by atoms with Gasteiger partial charge in [0.05, 0.1) is 0 Å². The van der Waals surface area contributed by atoms with E-state index in [1.807, 2.05) is 4.90 Å². The van der Waals surface area contributed by atoms with Crippen LogP contribution in [-0.2, 0) is 0 Å². The Balaban J connectivity index is 1.92. The lowest BCUT2D eigenvalue weighted by molar-refractivity contribution is 0.0690. The van der Waals surface area contributed by atoms with Crippen molar-refractivity contribution in [3.8, 4) is 11.5 Å². The van der Waals surface area contributed by atoms with Crippen molar-refractivity contribution in [1.82, 2.24) is 10.2 Å². The van der Waals surface area contributed by atoms with Gasteiger partial charge in [-0.25, -0.2) is 0 Å². The molecule has 0 saturated carbocycles. The molecule has 0 aromatic heterocycles. The molecule has 0 radical (unpaired) electrons. The maximum absolute atomic E-state index is 12.3. The zero-order valence-electron chi connectivity index (χ0n) is 11.8. The molecule has 2 rings (SSSR count). The second kappa shape index (κ2) is 6.61. The molecular formula is C15H22N2O3. The number of piperidine rings is 1. The van der Waals surface area contributed by atoms with Crippen molar-refractivity contribution in [3.05, 3.63) is 23.8 Å². The Morgan fingerprint density at radius 3 is 2.60 bits per heavy atom. The molecule has 1 heterocycles. The van der Waals surface area contributed by atoms with Crippen molar-refractivity contribution in [2.45, 2.75) is 19.8 Å². The summed E-state index contributed by atoms with van der Waals surface area (Å²) >= 11 is 0. The minimum atomic E-state index is -0.252. The molecule has 1 saturated heterocycles. The van der Waals surface area contributed by atoms with E-state index < -0.39 is 0 Å². The molecule has 20 heavy (non-hydrogen) atoms. The summed E-state index contributed by atoms with van der Waals surface area (Å²) in [5, 5.41) is 22.1. The Labute approximate surface area is 119 Å². The smallest absolute Gasteiger partial charge is 0.253 e. The van der Waals surface area contributed by atoms with E-state index in [-0.39, 0.29) is 17.4 Å². The normalized spacial score (nSPS) is 16.4. The van der Waals surface area contributed by atoms with Crippen molar-refractivity contribution < 1.29 is 15.0 Å². The van der Waals surface area contributed by atoms with Crippen LogP contribution in [0.3, 0.4) is 0 Å². The number of carbonyl (C=O) groups is 1. The number of phenols is 2. The molecule has 3 N–H and O–H groups in total. The number of nitrogens with one attached hydrogen (secondary N) is 1. The van der Waals surface area contributed by atoms with Crippen molar-refractivity contribution in [2.75, 3.05) is 26.2 Å². The van der Waals surface area contributed by atoms with Gasteiger partial charge in [0.15, 0.2) is 11.5 Å². The highest BCUT2D eigenvalue weighted by atomic mass is 16.3. The summed E-state index contributed by atoms with van der Waals surface area (Å²) in [7, 11) is 0. The van der Waals surface area contributed by atoms with Gasteiger partial charge in [-0.1, -0.05) is 6.92 Å². The topological polar surface area (TPSA) is 72.8 Å². The average molecular weight is 278 g/mol. The van der Waals surface area contributed by atoms with Crippen LogP contribution in [0.1, 0.15) is 30.1 Å². The minimum Gasteiger partial charge on any atom is -0.504 e. The number of hydrogen-bond donors (Lipinski definition) is 3. The van der Waals surface area contributed by atoms with Crippen LogP contribution in [0.25, 0.3) is 0 Å². The van der Waals surface area contributed by atoms with Gasteiger partial charge in [-0.15, -0.1) is 0 Å². The quantitative estimate of drug-likeness (QED) is 0.731. The number of hydrogen-bond acceptors (Lipinski definition) is 4. The summed E-state index contributed by atoms with van der Waals surface area (Å²) in [5.74, 6) is 0.0956. The first-order valence-electron chi connectivity index (χ1n) is 7.13. The predicted molar refractivity (Wildman–Crippen MR) is 76.9 cm³/mol. The molecule has 1 aliphatic heterocycles. The number of benzene rings is 1. The molecular weight excluding hydrogens is 256 g/mol. The molecule has 1 amide bonds. The number of amides is 1. The van der Waals surface area contributed by atoms with E-state index in [2.05, 4.69) is 12.2 Å². The predicted octanol–water partition coefficient (Wildman–Crippen LogP) is 1.56. The van der Waals surface area contributed by atoms with E-state index in [0.717, 1.165) is 39.0 Å². The summed E-state index contributed by atoms with van der Waals surface area (Å²) in [5.41, 5.74) is 0.422. The summed E-state index contributed by atoms with van der Waals surface area (Å²) in [4.78, 5) is 14.1. The monoisotopic (exact) mass is 278 g/mol. The number of carbonyl (C=O) groups excluding carboxylic acids is 1. The van der Waals surface area contributed by atoms with Crippen LogP contribution in [0, 0.1) is 5.92 Å². The average Bonchev–Trinajstić information content (AvgIpc) is 2.48. The summed E-state index contributed by atoms with van der Waals surface area (Å²) in [6.45, 7) is 5.58. The Kier molecular flexibility index (Phi) is 4.84. The molecule has 1 aliphatic rings. The fourth-order valence-electron chi connectivity index (χ4n) is 2.53. The molecule has 0 atom stereocenters. The SMILES string of the molecule is CCNCC1CCN(C(=O)c2ccc(O)c(O)c2)CC1. The third-order valence-electron chi connectivity index (χ3n) is 3.81. The van der Waals surface area contributed by atoms with Gasteiger partial charge >= 0.3 is 0 Å². The Morgan fingerprint density at radius 2 is 2.00 bits per heavy atom. The third-order valence-corrected chi connectivity index (χ3v) is 3.81. The first-order chi connectivity index (χ1) is 9.61. The lowest BCUT2D eigenvalue weighted by Crippen LogP contribution is -2.40. The van der Waals surface area contributed by atoms with Crippen molar-refractivity contribution >= 4 is 5.91 Å². The third kappa shape index (κ3) is 3.42. The maximum Gasteiger partial charge on any atom is 0.253 e. The second-order valence-electron chi connectivity index (χ2n) is 5.25. The lowest BCUT2D eigenvalue weighted by Gasteiger charge is -2.32. The summed E-state index contributed by atoms with van der Waals surface area (Å²) in [6.07, 6.45) is 2.01. The fraction of sp³-hybridized carbons (Fsp3) is 0.533. The molecule has 1 aromatic carbocycles. The molecule has 0 bridgehead atoms. The highest BCUT2D eigenvalue weighted by Gasteiger charge is 2.23. The van der Waals surface area contributed by atoms with Crippen molar-refractivity contribution in [3.63, 3.8) is 0 Å². The van der Waals surface area contributed by atoms with Crippen LogP contribution in [0.2, 0.25) is 0 Å². The first kappa shape index (κ1) is 14.7. The van der Waals surface area contributed by atoms with Gasteiger partial charge in [0.1, 0.15) is 0 Å². The van der Waals surface area contributed by atoms with Gasteiger partial charge in [-0.05, 0) is 50.0 Å². The molecule has 1 fully saturated rings. The van der Waals surface area contributed by atoms with Gasteiger partial charge in [0.2, 0.25) is 0 Å². The molecule has 5 nitrogen and oxygen atoms in total. The van der Waals surface area contributed by atoms with Gasteiger partial charge in [-0.3, -0.25) is 4.79 Å². The number of phenolic OH excluding ortho intramolecular Hbond substituents is 2. The van der Waals surface area contributed by atoms with Crippen LogP contribution in [-0.4, -0.2) is 47.2 Å². The molecule has 1 aromatic rings. The second-order valence-corrected chi connectivity index (χ2v) is 5.25. The Hall–Kier alpha value is -1.75. The van der Waals surface area contributed by atoms with Crippen molar-refractivity contribution in [2.24, 2.45) is 5.92 Å². The Morgan fingerprint density at radius 1 is 1.30 bits per heavy atom. The molecule has 110 valence electrons. The largest absolute Gasteiger partial charge is 0.504 e. The fourth-order valence-corrected chi connectivity index (χ4v) is 2.53. The van der Waals surface area contributed by atoms with Gasteiger partial charge in [0, 0.05) is 18.7 Å². The van der Waals surface area contributed by atoms with Crippen molar-refractivity contribution in [1.29, 1.82) is 0 Å². The summed E-state index contributed by atoms with van der Waals surface area (Å²) < 4.78 is 0. The summed E-state index contributed by atoms with van der Waals surface area (Å²) in [6, 6.07) is 4.21. The van der Waals surface area contributed by atoms with Crippen LogP contribution in [0.4, 0.5) is 0 Å². The van der Waals surface area contributed by atoms with Gasteiger partial charge < -0.3 is 20.4 Å². The molecule has 0 aliphatic carbocycles. The number of likely N-dealkylation sites (tertiary alicyclic amines) is 1. The first-order valence-corrected chi connectivity index (χ1v) is 7.13.